The van der Waals surface area contributed by atoms with Crippen LogP contribution in [0.3, 0.4) is 0 Å². The normalized spacial score (nSPS) is 39.0. The minimum Gasteiger partial charge on any atom is -0.494 e. The third kappa shape index (κ3) is 5.98. The van der Waals surface area contributed by atoms with Gasteiger partial charge in [0.2, 0.25) is 0 Å². The zero-order chi connectivity index (χ0) is 29.4. The van der Waals surface area contributed by atoms with Crippen molar-refractivity contribution >= 4 is 5.97 Å². The molecule has 0 bridgehead atoms. The molecule has 4 aliphatic rings. The number of rotatable bonds is 10. The fourth-order valence-corrected chi connectivity index (χ4v) is 10.6. The Bertz CT molecular complexity index is 1020. The zero-order valence-electron chi connectivity index (χ0n) is 26.9. The molecule has 0 aromatic heterocycles. The van der Waals surface area contributed by atoms with Crippen LogP contribution in [0.1, 0.15) is 129 Å². The van der Waals surface area contributed by atoms with Crippen molar-refractivity contribution in [2.45, 2.75) is 131 Å². The van der Waals surface area contributed by atoms with Gasteiger partial charge in [-0.05, 0) is 122 Å². The molecule has 1 N–H and O–H groups in total. The summed E-state index contributed by atoms with van der Waals surface area (Å²) in [6.07, 6.45) is 13.6. The van der Waals surface area contributed by atoms with Crippen LogP contribution in [0.5, 0.6) is 5.75 Å². The van der Waals surface area contributed by atoms with Gasteiger partial charge < -0.3 is 14.6 Å². The molecule has 0 saturated heterocycles. The molecular weight excluding hydrogens is 508 g/mol. The predicted molar refractivity (Wildman–Crippen MR) is 166 cm³/mol. The van der Waals surface area contributed by atoms with Crippen LogP contribution >= 0.6 is 0 Å². The Morgan fingerprint density at radius 1 is 0.976 bits per heavy atom. The number of fused-ring (bicyclic) bond motifs is 5. The van der Waals surface area contributed by atoms with E-state index >= 15 is 0 Å². The number of ether oxygens (including phenoxy) is 2. The Morgan fingerprint density at radius 2 is 1.73 bits per heavy atom. The van der Waals surface area contributed by atoms with E-state index in [2.05, 4.69) is 41.5 Å². The number of aliphatic hydroxyl groups excluding tert-OH is 1. The Hall–Kier alpha value is -1.55. The zero-order valence-corrected chi connectivity index (χ0v) is 26.9. The summed E-state index contributed by atoms with van der Waals surface area (Å²) >= 11 is 0. The lowest BCUT2D eigenvalue weighted by molar-refractivity contribution is -0.183. The maximum Gasteiger partial charge on any atom is 0.338 e. The molecule has 0 radical (unpaired) electrons. The quantitative estimate of drug-likeness (QED) is 0.287. The molecule has 1 unspecified atom stereocenters. The number of esters is 1. The lowest BCUT2D eigenvalue weighted by Gasteiger charge is -2.62. The van der Waals surface area contributed by atoms with E-state index in [0.717, 1.165) is 48.7 Å². The highest BCUT2D eigenvalue weighted by Crippen LogP contribution is 2.68. The second kappa shape index (κ2) is 12.6. The molecular formula is C37H58O4. The van der Waals surface area contributed by atoms with E-state index in [-0.39, 0.29) is 23.6 Å². The maximum absolute atomic E-state index is 13.5. The van der Waals surface area contributed by atoms with Gasteiger partial charge in [-0.25, -0.2) is 4.79 Å². The van der Waals surface area contributed by atoms with Crippen molar-refractivity contribution in [1.29, 1.82) is 0 Å². The average molecular weight is 567 g/mol. The highest BCUT2D eigenvalue weighted by Gasteiger charge is 2.63. The fraction of sp³-hybridized carbons (Fsp3) is 0.811. The monoisotopic (exact) mass is 566 g/mol. The second-order valence-electron chi connectivity index (χ2n) is 15.4. The van der Waals surface area contributed by atoms with Gasteiger partial charge in [0.15, 0.2) is 0 Å². The lowest BCUT2D eigenvalue weighted by atomic mass is 9.43. The summed E-state index contributed by atoms with van der Waals surface area (Å²) in [5.41, 5.74) is 0.955. The summed E-state index contributed by atoms with van der Waals surface area (Å²) in [5.74, 6) is 5.48. The van der Waals surface area contributed by atoms with Crippen molar-refractivity contribution in [1.82, 2.24) is 0 Å². The highest BCUT2D eigenvalue weighted by atomic mass is 16.5. The van der Waals surface area contributed by atoms with Crippen LogP contribution in [0.15, 0.2) is 24.3 Å². The molecule has 1 aromatic rings. The molecule has 0 amide bonds. The van der Waals surface area contributed by atoms with Gasteiger partial charge in [0.05, 0.1) is 18.3 Å². The van der Waals surface area contributed by atoms with Crippen molar-refractivity contribution < 1.29 is 19.4 Å². The third-order valence-corrected chi connectivity index (χ3v) is 12.7. The molecule has 4 nitrogen and oxygen atoms in total. The van der Waals surface area contributed by atoms with Crippen LogP contribution in [-0.2, 0) is 4.74 Å². The van der Waals surface area contributed by atoms with Crippen LogP contribution in [0.25, 0.3) is 0 Å². The van der Waals surface area contributed by atoms with Crippen molar-refractivity contribution in [2.75, 3.05) is 6.61 Å². The van der Waals surface area contributed by atoms with Crippen LogP contribution in [0, 0.1) is 52.3 Å². The molecule has 10 atom stereocenters. The molecule has 4 aliphatic carbocycles. The van der Waals surface area contributed by atoms with E-state index in [9.17, 15) is 9.90 Å². The van der Waals surface area contributed by atoms with Gasteiger partial charge in [0.1, 0.15) is 11.9 Å². The summed E-state index contributed by atoms with van der Waals surface area (Å²) in [5, 5.41) is 10.9. The minimum atomic E-state index is -0.386. The molecule has 1 aromatic carbocycles. The van der Waals surface area contributed by atoms with Crippen molar-refractivity contribution in [2.24, 2.45) is 52.3 Å². The molecule has 4 heteroatoms. The maximum atomic E-state index is 13.5. The van der Waals surface area contributed by atoms with Crippen LogP contribution in [0.4, 0.5) is 0 Å². The van der Waals surface area contributed by atoms with Gasteiger partial charge in [0.25, 0.3) is 0 Å². The molecule has 0 aliphatic heterocycles. The van der Waals surface area contributed by atoms with Crippen LogP contribution in [-0.4, -0.2) is 29.9 Å². The largest absolute Gasteiger partial charge is 0.494 e. The molecule has 5 rings (SSSR count). The first-order chi connectivity index (χ1) is 19.6. The minimum absolute atomic E-state index is 0.0652. The van der Waals surface area contributed by atoms with Crippen molar-refractivity contribution in [3.63, 3.8) is 0 Å². The summed E-state index contributed by atoms with van der Waals surface area (Å²) in [6, 6.07) is 7.38. The molecule has 0 spiro atoms. The SMILES string of the molecule is CCCOc1ccc(C(=O)OC2C[C@@H](O)C[C@H]3CC[C@@H]4[C@@H]5CC[C@H]([C@H](C)CCCC(C)C)[C@@]5(C)CC[C@@H]4[C@@]23C)cc1. The number of carbonyl (C=O) groups excluding carboxylic acids is 1. The number of benzene rings is 1. The van der Waals surface area contributed by atoms with Crippen molar-refractivity contribution in [3.8, 4) is 5.75 Å². The molecule has 230 valence electrons. The van der Waals surface area contributed by atoms with E-state index in [1.54, 1.807) is 0 Å². The first-order valence-corrected chi connectivity index (χ1v) is 17.2. The van der Waals surface area contributed by atoms with Crippen LogP contribution < -0.4 is 4.74 Å². The third-order valence-electron chi connectivity index (χ3n) is 12.7. The van der Waals surface area contributed by atoms with Gasteiger partial charge in [-0.3, -0.25) is 0 Å². The molecule has 4 saturated carbocycles. The Morgan fingerprint density at radius 3 is 2.44 bits per heavy atom. The van der Waals surface area contributed by atoms with E-state index in [0.29, 0.717) is 41.8 Å². The first kappa shape index (κ1) is 30.9. The number of aliphatic hydroxyl groups is 1. The Labute approximate surface area is 250 Å². The Balaban J connectivity index is 1.32. The second-order valence-corrected chi connectivity index (χ2v) is 15.4. The van der Waals surface area contributed by atoms with Gasteiger partial charge in [-0.1, -0.05) is 60.8 Å². The standard InChI is InChI=1S/C37H58O4/c1-7-21-40-29-14-11-26(12-15-29)35(39)41-34-23-28(38)22-27-13-16-30-32-18-17-31(25(4)10-8-9-24(2)3)36(32,5)20-19-33(30)37(27,34)6/h11-12,14-15,24-25,27-28,30-34,38H,7-10,13,16-23H2,1-6H3/t25-,27-,28+,30-,31-,32+,33+,34?,36-,37+/m1/s1. The summed E-state index contributed by atoms with van der Waals surface area (Å²) < 4.78 is 12.1. The van der Waals surface area contributed by atoms with Gasteiger partial charge in [-0.2, -0.15) is 0 Å². The molecule has 0 heterocycles. The number of carbonyl (C=O) groups is 1. The number of hydrogen-bond donors (Lipinski definition) is 1. The summed E-state index contributed by atoms with van der Waals surface area (Å²) in [6.45, 7) is 15.1. The topological polar surface area (TPSA) is 55.8 Å². The molecule has 4 fully saturated rings. The lowest BCUT2D eigenvalue weighted by Crippen LogP contribution is -2.60. The number of hydrogen-bond acceptors (Lipinski definition) is 4. The first-order valence-electron chi connectivity index (χ1n) is 17.2. The van der Waals surface area contributed by atoms with Gasteiger partial charge in [-0.15, -0.1) is 0 Å². The van der Waals surface area contributed by atoms with Crippen molar-refractivity contribution in [3.05, 3.63) is 29.8 Å². The fourth-order valence-electron chi connectivity index (χ4n) is 10.6. The highest BCUT2D eigenvalue weighted by molar-refractivity contribution is 5.89. The van der Waals surface area contributed by atoms with E-state index in [1.165, 1.54) is 51.4 Å². The predicted octanol–water partition coefficient (Wildman–Crippen LogP) is 9.09. The van der Waals surface area contributed by atoms with E-state index in [4.69, 9.17) is 9.47 Å². The van der Waals surface area contributed by atoms with Crippen LogP contribution in [0.2, 0.25) is 0 Å². The van der Waals surface area contributed by atoms with E-state index < -0.39 is 0 Å². The van der Waals surface area contributed by atoms with E-state index in [1.807, 2.05) is 24.3 Å². The summed E-state index contributed by atoms with van der Waals surface area (Å²) in [7, 11) is 0. The summed E-state index contributed by atoms with van der Waals surface area (Å²) in [4.78, 5) is 13.5. The Kier molecular flexibility index (Phi) is 9.49. The average Bonchev–Trinajstić information content (AvgIpc) is 3.30. The smallest absolute Gasteiger partial charge is 0.338 e. The van der Waals surface area contributed by atoms with Gasteiger partial charge >= 0.3 is 5.97 Å². The molecule has 41 heavy (non-hydrogen) atoms. The van der Waals surface area contributed by atoms with Gasteiger partial charge in [0, 0.05) is 11.8 Å².